The van der Waals surface area contributed by atoms with Crippen molar-refractivity contribution in [3.63, 3.8) is 0 Å². The molecule has 0 unspecified atom stereocenters. The van der Waals surface area contributed by atoms with Crippen LogP contribution in [0.2, 0.25) is 0 Å². The van der Waals surface area contributed by atoms with E-state index in [1.165, 1.54) is 12.0 Å². The van der Waals surface area contributed by atoms with E-state index in [1.54, 1.807) is 36.5 Å². The lowest BCUT2D eigenvalue weighted by Crippen LogP contribution is -2.54. The molecule has 1 fully saturated rings. The Hall–Kier alpha value is -3.78. The zero-order valence-electron chi connectivity index (χ0n) is 18.2. The quantitative estimate of drug-likeness (QED) is 0.376. The van der Waals surface area contributed by atoms with Crippen LogP contribution in [-0.2, 0) is 9.59 Å². The Kier molecular flexibility index (Phi) is 5.63. The summed E-state index contributed by atoms with van der Waals surface area (Å²) in [6.07, 6.45) is 3.35. The zero-order valence-corrected chi connectivity index (χ0v) is 19.0. The van der Waals surface area contributed by atoms with Crippen molar-refractivity contribution in [1.29, 1.82) is 0 Å². The number of aryl methyl sites for hydroxylation is 2. The Morgan fingerprint density at radius 1 is 1.09 bits per heavy atom. The number of amides is 2. The highest BCUT2D eigenvalue weighted by Crippen LogP contribution is 2.31. The topological polar surface area (TPSA) is 76.5 Å². The maximum Gasteiger partial charge on any atom is 0.270 e. The number of thiocarbonyl (C=S) groups is 1. The molecule has 3 aromatic rings. The van der Waals surface area contributed by atoms with Gasteiger partial charge in [0.1, 0.15) is 17.1 Å². The third-order valence-electron chi connectivity index (χ3n) is 5.33. The van der Waals surface area contributed by atoms with Gasteiger partial charge < -0.3 is 9.30 Å². The Morgan fingerprint density at radius 3 is 2.56 bits per heavy atom. The number of rotatable bonds is 4. The monoisotopic (exact) mass is 446 g/mol. The second-order valence-corrected chi connectivity index (χ2v) is 7.87. The molecule has 0 radical (unpaired) electrons. The minimum Gasteiger partial charge on any atom is -0.495 e. The molecule has 0 spiro atoms. The van der Waals surface area contributed by atoms with E-state index >= 15 is 0 Å². The summed E-state index contributed by atoms with van der Waals surface area (Å²) >= 11 is 5.29. The van der Waals surface area contributed by atoms with Crippen LogP contribution in [-0.4, -0.2) is 33.6 Å². The second kappa shape index (κ2) is 8.39. The van der Waals surface area contributed by atoms with Crippen LogP contribution >= 0.6 is 12.2 Å². The van der Waals surface area contributed by atoms with E-state index in [2.05, 4.69) is 10.3 Å². The van der Waals surface area contributed by atoms with E-state index < -0.39 is 11.8 Å². The molecule has 7 nitrogen and oxygen atoms in total. The highest BCUT2D eigenvalue weighted by molar-refractivity contribution is 7.80. The van der Waals surface area contributed by atoms with Gasteiger partial charge in [-0.1, -0.05) is 12.1 Å². The molecule has 3 heterocycles. The van der Waals surface area contributed by atoms with Gasteiger partial charge in [-0.15, -0.1) is 0 Å². The van der Waals surface area contributed by atoms with Gasteiger partial charge >= 0.3 is 0 Å². The van der Waals surface area contributed by atoms with Crippen LogP contribution in [0, 0.1) is 20.8 Å². The molecule has 2 amide bonds. The van der Waals surface area contributed by atoms with Crippen LogP contribution in [0.5, 0.6) is 5.75 Å². The van der Waals surface area contributed by atoms with Crippen molar-refractivity contribution in [1.82, 2.24) is 14.9 Å². The first-order chi connectivity index (χ1) is 15.3. The van der Waals surface area contributed by atoms with E-state index in [9.17, 15) is 9.59 Å². The number of hydrogen-bond donors (Lipinski definition) is 1. The molecule has 1 saturated heterocycles. The first kappa shape index (κ1) is 21.5. The van der Waals surface area contributed by atoms with Gasteiger partial charge in [-0.3, -0.25) is 14.9 Å². The number of carbonyl (C=O) groups excluding carboxylic acids is 2. The van der Waals surface area contributed by atoms with Crippen molar-refractivity contribution in [2.24, 2.45) is 0 Å². The maximum atomic E-state index is 13.4. The highest BCUT2D eigenvalue weighted by Gasteiger charge is 2.36. The number of ether oxygens (including phenoxy) is 1. The Balaban J connectivity index is 1.79. The zero-order chi connectivity index (χ0) is 23.0. The number of anilines is 1. The fourth-order valence-electron chi connectivity index (χ4n) is 3.78. The minimum atomic E-state index is -0.537. The number of methoxy groups -OCH3 is 1. The van der Waals surface area contributed by atoms with E-state index in [1.807, 2.05) is 43.5 Å². The van der Waals surface area contributed by atoms with Gasteiger partial charge in [-0.05, 0) is 80.5 Å². The van der Waals surface area contributed by atoms with Crippen molar-refractivity contribution in [2.45, 2.75) is 20.8 Å². The van der Waals surface area contributed by atoms with Gasteiger partial charge in [-0.25, -0.2) is 9.88 Å². The van der Waals surface area contributed by atoms with E-state index in [4.69, 9.17) is 17.0 Å². The average Bonchev–Trinajstić information content (AvgIpc) is 3.04. The summed E-state index contributed by atoms with van der Waals surface area (Å²) in [5.41, 5.74) is 4.09. The van der Waals surface area contributed by atoms with Gasteiger partial charge in [0, 0.05) is 17.6 Å². The predicted octanol–water partition coefficient (Wildman–Crippen LogP) is 3.64. The number of aromatic nitrogens is 2. The summed E-state index contributed by atoms with van der Waals surface area (Å²) in [6.45, 7) is 5.89. The van der Waals surface area contributed by atoms with Gasteiger partial charge in [0.2, 0.25) is 0 Å². The number of benzene rings is 1. The first-order valence-corrected chi connectivity index (χ1v) is 10.4. The van der Waals surface area contributed by atoms with Gasteiger partial charge in [0.15, 0.2) is 5.11 Å². The average molecular weight is 447 g/mol. The van der Waals surface area contributed by atoms with Crippen LogP contribution in [0.4, 0.5) is 5.69 Å². The number of hydrogen-bond acceptors (Lipinski definition) is 5. The molecular weight excluding hydrogens is 424 g/mol. The third kappa shape index (κ3) is 3.69. The van der Waals surface area contributed by atoms with Crippen molar-refractivity contribution in [3.8, 4) is 11.6 Å². The van der Waals surface area contributed by atoms with Crippen LogP contribution in [0.3, 0.4) is 0 Å². The largest absolute Gasteiger partial charge is 0.495 e. The Bertz CT molecular complexity index is 1290. The molecule has 0 bridgehead atoms. The molecule has 1 aliphatic rings. The summed E-state index contributed by atoms with van der Waals surface area (Å²) in [5.74, 6) is 0.203. The van der Waals surface area contributed by atoms with Crippen molar-refractivity contribution in [3.05, 3.63) is 76.7 Å². The Morgan fingerprint density at radius 2 is 1.84 bits per heavy atom. The van der Waals surface area contributed by atoms with E-state index in [0.29, 0.717) is 11.4 Å². The lowest BCUT2D eigenvalue weighted by atomic mass is 10.1. The number of nitrogens with zero attached hydrogens (tertiary/aromatic N) is 3. The molecule has 4 rings (SSSR count). The number of para-hydroxylation sites is 2. The van der Waals surface area contributed by atoms with Gasteiger partial charge in [0.25, 0.3) is 11.8 Å². The van der Waals surface area contributed by atoms with Crippen LogP contribution in [0.25, 0.3) is 11.9 Å². The van der Waals surface area contributed by atoms with Crippen molar-refractivity contribution < 1.29 is 14.3 Å². The maximum absolute atomic E-state index is 13.4. The fraction of sp³-hybridized carbons (Fsp3) is 0.167. The summed E-state index contributed by atoms with van der Waals surface area (Å²) in [7, 11) is 1.51. The third-order valence-corrected chi connectivity index (χ3v) is 5.61. The molecule has 1 aromatic carbocycles. The van der Waals surface area contributed by atoms with Gasteiger partial charge in [0.05, 0.1) is 12.8 Å². The predicted molar refractivity (Wildman–Crippen MR) is 127 cm³/mol. The molecule has 32 heavy (non-hydrogen) atoms. The molecule has 8 heteroatoms. The highest BCUT2D eigenvalue weighted by atomic mass is 32.1. The minimum absolute atomic E-state index is 0.0103. The number of pyridine rings is 1. The first-order valence-electron chi connectivity index (χ1n) is 9.98. The Labute approximate surface area is 191 Å². The normalized spacial score (nSPS) is 15.3. The molecule has 1 aliphatic heterocycles. The summed E-state index contributed by atoms with van der Waals surface area (Å²) in [6, 6.07) is 12.9. The molecular formula is C24H22N4O3S. The van der Waals surface area contributed by atoms with Crippen LogP contribution < -0.4 is 15.0 Å². The number of nitrogens with one attached hydrogen (secondary N) is 1. The molecule has 1 N–H and O–H groups in total. The molecule has 162 valence electrons. The lowest BCUT2D eigenvalue weighted by Gasteiger charge is -2.29. The van der Waals surface area contributed by atoms with E-state index in [0.717, 1.165) is 28.3 Å². The summed E-state index contributed by atoms with van der Waals surface area (Å²) in [4.78, 5) is 31.8. The molecule has 0 saturated carbocycles. The van der Waals surface area contributed by atoms with Gasteiger partial charge in [-0.2, -0.15) is 0 Å². The lowest BCUT2D eigenvalue weighted by molar-refractivity contribution is -0.122. The second-order valence-electron chi connectivity index (χ2n) is 7.48. The number of carbonyl (C=O) groups is 2. The summed E-state index contributed by atoms with van der Waals surface area (Å²) in [5, 5.41) is 2.62. The fourth-order valence-corrected chi connectivity index (χ4v) is 4.05. The SMILES string of the molecule is COc1ccccc1N1C(=O)/C(=C/c2cc(C)n(-c3cc(C)ccn3)c2C)C(=O)NC1=S. The smallest absolute Gasteiger partial charge is 0.270 e. The van der Waals surface area contributed by atoms with Crippen LogP contribution in [0.15, 0.2) is 54.2 Å². The van der Waals surface area contributed by atoms with E-state index in [-0.39, 0.29) is 10.7 Å². The van der Waals surface area contributed by atoms with Crippen molar-refractivity contribution >= 4 is 40.9 Å². The molecule has 0 aliphatic carbocycles. The standard InChI is InChI=1S/C24H22N4O3S/c1-14-9-10-25-21(11-14)27-15(2)12-17(16(27)3)13-18-22(29)26-24(32)28(23(18)30)19-7-5-6-8-20(19)31-4/h5-13H,1-4H3,(H,26,29,32)/b18-13+. The summed E-state index contributed by atoms with van der Waals surface area (Å²) < 4.78 is 7.37. The van der Waals surface area contributed by atoms with Crippen molar-refractivity contribution in [2.75, 3.05) is 12.0 Å². The molecule has 0 atom stereocenters. The molecule has 2 aromatic heterocycles. The van der Waals surface area contributed by atoms with Crippen LogP contribution in [0.1, 0.15) is 22.5 Å².